The van der Waals surface area contributed by atoms with Crippen LogP contribution < -0.4 is 4.72 Å². The third-order valence-corrected chi connectivity index (χ3v) is 6.22. The summed E-state index contributed by atoms with van der Waals surface area (Å²) >= 11 is 0. The normalized spacial score (nSPS) is 21.8. The van der Waals surface area contributed by atoms with Crippen molar-refractivity contribution in [2.45, 2.75) is 25.2 Å². The number of piperidine rings is 1. The first kappa shape index (κ1) is 20.2. The summed E-state index contributed by atoms with van der Waals surface area (Å²) in [6, 6.07) is 13.0. The molecule has 1 saturated heterocycles. The second kappa shape index (κ2) is 8.49. The van der Waals surface area contributed by atoms with E-state index >= 15 is 0 Å². The van der Waals surface area contributed by atoms with Crippen LogP contribution >= 0.6 is 12.4 Å². The molecule has 2 atom stereocenters. The molecule has 1 aliphatic heterocycles. The Bertz CT molecular complexity index is 795. The van der Waals surface area contributed by atoms with Gasteiger partial charge in [-0.1, -0.05) is 50.2 Å². The maximum Gasteiger partial charge on any atom is 0.241 e. The van der Waals surface area contributed by atoms with Crippen LogP contribution in [0, 0.1) is 11.8 Å². The van der Waals surface area contributed by atoms with E-state index in [1.165, 1.54) is 6.42 Å². The van der Waals surface area contributed by atoms with Gasteiger partial charge in [0.05, 0.1) is 4.90 Å². The second-order valence-electron chi connectivity index (χ2n) is 7.08. The predicted molar refractivity (Wildman–Crippen MR) is 106 cm³/mol. The highest BCUT2D eigenvalue weighted by molar-refractivity contribution is 7.89. The Kier molecular flexibility index (Phi) is 6.86. The number of nitrogens with zero attached hydrogens (tertiary/aromatic N) is 1. The van der Waals surface area contributed by atoms with Gasteiger partial charge < -0.3 is 4.90 Å². The van der Waals surface area contributed by atoms with E-state index in [0.717, 1.165) is 30.4 Å². The van der Waals surface area contributed by atoms with E-state index in [2.05, 4.69) is 23.5 Å². The largest absolute Gasteiger partial charge is 0.302 e. The summed E-state index contributed by atoms with van der Waals surface area (Å²) in [6.45, 7) is 7.86. The minimum atomic E-state index is -3.49. The Labute approximate surface area is 157 Å². The number of nitrogens with one attached hydrogen (secondary N) is 1. The van der Waals surface area contributed by atoms with Gasteiger partial charge in [-0.3, -0.25) is 0 Å². The maximum atomic E-state index is 12.7. The third-order valence-electron chi connectivity index (χ3n) is 4.70. The van der Waals surface area contributed by atoms with Crippen LogP contribution in [0.25, 0.3) is 10.8 Å². The van der Waals surface area contributed by atoms with Crippen molar-refractivity contribution in [1.29, 1.82) is 0 Å². The summed E-state index contributed by atoms with van der Waals surface area (Å²) in [7, 11) is -3.49. The first-order valence-corrected chi connectivity index (χ1v) is 10.1. The molecule has 6 heteroatoms. The first-order chi connectivity index (χ1) is 11.5. The molecule has 4 nitrogen and oxygen atoms in total. The highest BCUT2D eigenvalue weighted by Gasteiger charge is 2.22. The summed E-state index contributed by atoms with van der Waals surface area (Å²) in [6.07, 6.45) is 1.26. The Balaban J connectivity index is 0.00000225. The molecule has 2 unspecified atom stereocenters. The van der Waals surface area contributed by atoms with Gasteiger partial charge >= 0.3 is 0 Å². The molecule has 0 saturated carbocycles. The van der Waals surface area contributed by atoms with Crippen LogP contribution in [-0.2, 0) is 10.0 Å². The molecular formula is C19H27ClN2O2S. The number of fused-ring (bicyclic) bond motifs is 1. The number of hydrogen-bond acceptors (Lipinski definition) is 3. The van der Waals surface area contributed by atoms with Gasteiger partial charge in [-0.2, -0.15) is 0 Å². The van der Waals surface area contributed by atoms with E-state index in [0.29, 0.717) is 23.3 Å². The van der Waals surface area contributed by atoms with Crippen molar-refractivity contribution in [3.05, 3.63) is 42.5 Å². The van der Waals surface area contributed by atoms with Crippen LogP contribution in [0.5, 0.6) is 0 Å². The zero-order chi connectivity index (χ0) is 17.2. The topological polar surface area (TPSA) is 49.4 Å². The van der Waals surface area contributed by atoms with Gasteiger partial charge in [-0.15, -0.1) is 12.4 Å². The zero-order valence-electron chi connectivity index (χ0n) is 14.8. The molecule has 0 spiro atoms. The average Bonchev–Trinajstić information content (AvgIpc) is 2.53. The van der Waals surface area contributed by atoms with E-state index in [-0.39, 0.29) is 12.4 Å². The number of likely N-dealkylation sites (tertiary alicyclic amines) is 1. The van der Waals surface area contributed by atoms with Gasteiger partial charge in [0, 0.05) is 31.6 Å². The van der Waals surface area contributed by atoms with Crippen molar-refractivity contribution in [3.63, 3.8) is 0 Å². The molecule has 2 aromatic carbocycles. The van der Waals surface area contributed by atoms with E-state index in [4.69, 9.17) is 0 Å². The van der Waals surface area contributed by atoms with Crippen molar-refractivity contribution in [3.8, 4) is 0 Å². The SMILES string of the molecule is CC1CC(C)CN(CCNS(=O)(=O)c2cccc3ccccc23)C1.Cl. The van der Waals surface area contributed by atoms with Gasteiger partial charge in [-0.25, -0.2) is 13.1 Å². The highest BCUT2D eigenvalue weighted by atomic mass is 35.5. The molecule has 25 heavy (non-hydrogen) atoms. The van der Waals surface area contributed by atoms with Crippen LogP contribution in [0.4, 0.5) is 0 Å². The molecule has 0 radical (unpaired) electrons. The fourth-order valence-corrected chi connectivity index (χ4v) is 5.07. The van der Waals surface area contributed by atoms with Crippen LogP contribution in [0.3, 0.4) is 0 Å². The summed E-state index contributed by atoms with van der Waals surface area (Å²) < 4.78 is 28.1. The lowest BCUT2D eigenvalue weighted by Crippen LogP contribution is -2.42. The van der Waals surface area contributed by atoms with Crippen molar-refractivity contribution in [2.24, 2.45) is 11.8 Å². The first-order valence-electron chi connectivity index (χ1n) is 8.65. The Morgan fingerprint density at radius 1 is 1.04 bits per heavy atom. The number of sulfonamides is 1. The maximum absolute atomic E-state index is 12.7. The third kappa shape index (κ3) is 4.94. The molecular weight excluding hydrogens is 356 g/mol. The molecule has 0 amide bonds. The Hall–Kier alpha value is -1.14. The fourth-order valence-electron chi connectivity index (χ4n) is 3.82. The minimum Gasteiger partial charge on any atom is -0.302 e. The average molecular weight is 383 g/mol. The van der Waals surface area contributed by atoms with E-state index in [1.807, 2.05) is 30.3 Å². The number of hydrogen-bond donors (Lipinski definition) is 1. The van der Waals surface area contributed by atoms with Crippen molar-refractivity contribution in [1.82, 2.24) is 9.62 Å². The minimum absolute atomic E-state index is 0. The molecule has 1 N–H and O–H groups in total. The summed E-state index contributed by atoms with van der Waals surface area (Å²) in [5.41, 5.74) is 0. The predicted octanol–water partition coefficient (Wildman–Crippen LogP) is 3.52. The highest BCUT2D eigenvalue weighted by Crippen LogP contribution is 2.23. The molecule has 1 heterocycles. The van der Waals surface area contributed by atoms with Crippen LogP contribution in [-0.4, -0.2) is 39.5 Å². The molecule has 2 aromatic rings. The van der Waals surface area contributed by atoms with E-state index in [1.54, 1.807) is 12.1 Å². The van der Waals surface area contributed by atoms with Gasteiger partial charge in [0.25, 0.3) is 0 Å². The number of halogens is 1. The summed E-state index contributed by atoms with van der Waals surface area (Å²) in [5.74, 6) is 1.37. The molecule has 138 valence electrons. The van der Waals surface area contributed by atoms with Crippen molar-refractivity contribution in [2.75, 3.05) is 26.2 Å². The quantitative estimate of drug-likeness (QED) is 0.860. The standard InChI is InChI=1S/C19H26N2O2S.ClH/c1-15-12-16(2)14-21(13-15)11-10-20-24(22,23)19-9-5-7-17-6-3-4-8-18(17)19;/h3-9,15-16,20H,10-14H2,1-2H3;1H. The molecule has 3 rings (SSSR count). The van der Waals surface area contributed by atoms with Gasteiger partial charge in [0.1, 0.15) is 0 Å². The van der Waals surface area contributed by atoms with Crippen molar-refractivity contribution < 1.29 is 8.42 Å². The van der Waals surface area contributed by atoms with Gasteiger partial charge in [-0.05, 0) is 29.7 Å². The molecule has 0 aromatic heterocycles. The van der Waals surface area contributed by atoms with E-state index < -0.39 is 10.0 Å². The monoisotopic (exact) mass is 382 g/mol. The van der Waals surface area contributed by atoms with Crippen LogP contribution in [0.15, 0.2) is 47.4 Å². The summed E-state index contributed by atoms with van der Waals surface area (Å²) in [5, 5.41) is 1.71. The smallest absolute Gasteiger partial charge is 0.241 e. The molecule has 1 fully saturated rings. The van der Waals surface area contributed by atoms with E-state index in [9.17, 15) is 8.42 Å². The lowest BCUT2D eigenvalue weighted by Gasteiger charge is -2.34. The lowest BCUT2D eigenvalue weighted by atomic mass is 9.92. The lowest BCUT2D eigenvalue weighted by molar-refractivity contribution is 0.143. The van der Waals surface area contributed by atoms with Gasteiger partial charge in [0.15, 0.2) is 0 Å². The molecule has 0 aliphatic carbocycles. The van der Waals surface area contributed by atoms with Gasteiger partial charge in [0.2, 0.25) is 10.0 Å². The fraction of sp³-hybridized carbons (Fsp3) is 0.474. The molecule has 0 bridgehead atoms. The van der Waals surface area contributed by atoms with Crippen molar-refractivity contribution >= 4 is 33.2 Å². The zero-order valence-corrected chi connectivity index (χ0v) is 16.4. The van der Waals surface area contributed by atoms with Crippen LogP contribution in [0.2, 0.25) is 0 Å². The number of benzene rings is 2. The molecule has 1 aliphatic rings. The Morgan fingerprint density at radius 3 is 2.40 bits per heavy atom. The Morgan fingerprint density at radius 2 is 1.68 bits per heavy atom. The number of rotatable bonds is 5. The van der Waals surface area contributed by atoms with Crippen LogP contribution in [0.1, 0.15) is 20.3 Å². The summed E-state index contributed by atoms with van der Waals surface area (Å²) in [4.78, 5) is 2.73. The second-order valence-corrected chi connectivity index (χ2v) is 8.82.